The van der Waals surface area contributed by atoms with E-state index in [0.29, 0.717) is 18.7 Å². The number of likely N-dealkylation sites (tertiary alicyclic amines) is 1. The summed E-state index contributed by atoms with van der Waals surface area (Å²) >= 11 is 0. The van der Waals surface area contributed by atoms with Crippen molar-refractivity contribution in [1.29, 1.82) is 0 Å². The fraction of sp³-hybridized carbons (Fsp3) is 0.583. The average Bonchev–Trinajstić information content (AvgIpc) is 2.99. The van der Waals surface area contributed by atoms with Gasteiger partial charge in [-0.05, 0) is 13.3 Å². The number of carbonyl (C=O) groups excluding carboxylic acids is 3. The Hall–Kier alpha value is -2.29. The first-order valence-electron chi connectivity index (χ1n) is 6.64. The van der Waals surface area contributed by atoms with Gasteiger partial charge in [-0.25, -0.2) is 4.68 Å². The third kappa shape index (κ3) is 4.09. The highest BCUT2D eigenvalue weighted by Crippen LogP contribution is 2.08. The van der Waals surface area contributed by atoms with Crippen LogP contribution in [0.1, 0.15) is 31.6 Å². The van der Waals surface area contributed by atoms with Gasteiger partial charge in [0.25, 0.3) is 0 Å². The number of amides is 3. The molecule has 1 saturated heterocycles. The SMILES string of the molecule is CC(O)c1cn(CC(=O)NC(=O)CN2CCCC2=O)nn1. The number of rotatable bonds is 5. The molecule has 0 aromatic carbocycles. The first kappa shape index (κ1) is 15.1. The zero-order valence-electron chi connectivity index (χ0n) is 11.7. The highest BCUT2D eigenvalue weighted by atomic mass is 16.3. The Bertz CT molecular complexity index is 554. The van der Waals surface area contributed by atoms with Gasteiger partial charge in [-0.3, -0.25) is 19.7 Å². The maximum Gasteiger partial charge on any atom is 0.248 e. The summed E-state index contributed by atoms with van der Waals surface area (Å²) in [6.45, 7) is 1.78. The molecule has 1 aromatic heterocycles. The van der Waals surface area contributed by atoms with E-state index in [9.17, 15) is 19.5 Å². The van der Waals surface area contributed by atoms with Gasteiger partial charge in [0.2, 0.25) is 17.7 Å². The highest BCUT2D eigenvalue weighted by molar-refractivity contribution is 5.97. The van der Waals surface area contributed by atoms with E-state index in [1.54, 1.807) is 0 Å². The molecule has 0 saturated carbocycles. The molecule has 9 heteroatoms. The van der Waals surface area contributed by atoms with Gasteiger partial charge >= 0.3 is 0 Å². The molecule has 21 heavy (non-hydrogen) atoms. The Morgan fingerprint density at radius 1 is 1.43 bits per heavy atom. The summed E-state index contributed by atoms with van der Waals surface area (Å²) in [5, 5.41) is 18.8. The molecule has 1 aliphatic heterocycles. The van der Waals surface area contributed by atoms with Crippen molar-refractivity contribution in [3.63, 3.8) is 0 Å². The van der Waals surface area contributed by atoms with Crippen LogP contribution in [0.5, 0.6) is 0 Å². The molecular weight excluding hydrogens is 278 g/mol. The van der Waals surface area contributed by atoms with Crippen LogP contribution in [0.15, 0.2) is 6.20 Å². The summed E-state index contributed by atoms with van der Waals surface area (Å²) < 4.78 is 1.23. The monoisotopic (exact) mass is 295 g/mol. The maximum absolute atomic E-state index is 11.7. The number of hydrogen-bond acceptors (Lipinski definition) is 6. The lowest BCUT2D eigenvalue weighted by Gasteiger charge is -2.14. The van der Waals surface area contributed by atoms with Crippen LogP contribution in [-0.4, -0.2) is 55.8 Å². The number of aromatic nitrogens is 3. The Balaban J connectivity index is 1.80. The zero-order chi connectivity index (χ0) is 15.4. The largest absolute Gasteiger partial charge is 0.387 e. The van der Waals surface area contributed by atoms with E-state index in [-0.39, 0.29) is 19.0 Å². The Morgan fingerprint density at radius 2 is 2.14 bits per heavy atom. The summed E-state index contributed by atoms with van der Waals surface area (Å²) in [7, 11) is 0. The second kappa shape index (κ2) is 6.44. The van der Waals surface area contributed by atoms with Crippen LogP contribution in [0, 0.1) is 0 Å². The molecule has 1 fully saturated rings. The highest BCUT2D eigenvalue weighted by Gasteiger charge is 2.23. The molecule has 0 radical (unpaired) electrons. The quantitative estimate of drug-likeness (QED) is 0.689. The van der Waals surface area contributed by atoms with Gasteiger partial charge in [0, 0.05) is 13.0 Å². The van der Waals surface area contributed by atoms with Crippen molar-refractivity contribution in [2.45, 2.75) is 32.4 Å². The lowest BCUT2D eigenvalue weighted by molar-refractivity contribution is -0.136. The fourth-order valence-electron chi connectivity index (χ4n) is 2.01. The second-order valence-corrected chi connectivity index (χ2v) is 4.91. The van der Waals surface area contributed by atoms with Crippen molar-refractivity contribution in [2.24, 2.45) is 0 Å². The van der Waals surface area contributed by atoms with Gasteiger partial charge in [-0.2, -0.15) is 0 Å². The van der Waals surface area contributed by atoms with Gasteiger partial charge < -0.3 is 10.0 Å². The minimum Gasteiger partial charge on any atom is -0.387 e. The van der Waals surface area contributed by atoms with Gasteiger partial charge in [0.1, 0.15) is 12.2 Å². The van der Waals surface area contributed by atoms with Crippen LogP contribution in [0.25, 0.3) is 0 Å². The number of imide groups is 1. The molecule has 0 spiro atoms. The summed E-state index contributed by atoms with van der Waals surface area (Å²) in [4.78, 5) is 36.1. The molecule has 1 aromatic rings. The molecule has 2 heterocycles. The summed E-state index contributed by atoms with van der Waals surface area (Å²) in [5.41, 5.74) is 0.344. The molecule has 1 unspecified atom stereocenters. The molecule has 2 rings (SSSR count). The predicted molar refractivity (Wildman–Crippen MR) is 69.6 cm³/mol. The van der Waals surface area contributed by atoms with Crippen LogP contribution in [0.2, 0.25) is 0 Å². The van der Waals surface area contributed by atoms with Crippen molar-refractivity contribution in [3.05, 3.63) is 11.9 Å². The van der Waals surface area contributed by atoms with Gasteiger partial charge in [0.05, 0.1) is 18.8 Å². The first-order valence-corrected chi connectivity index (χ1v) is 6.64. The second-order valence-electron chi connectivity index (χ2n) is 4.91. The van der Waals surface area contributed by atoms with Gasteiger partial charge in [-0.1, -0.05) is 5.21 Å². The van der Waals surface area contributed by atoms with Crippen LogP contribution in [0.4, 0.5) is 0 Å². The topological polar surface area (TPSA) is 117 Å². The Labute approximate surface area is 120 Å². The van der Waals surface area contributed by atoms with Crippen LogP contribution < -0.4 is 5.32 Å². The van der Waals surface area contributed by atoms with E-state index in [0.717, 1.165) is 6.42 Å². The van der Waals surface area contributed by atoms with Gasteiger partial charge in [-0.15, -0.1) is 5.10 Å². The lowest BCUT2D eigenvalue weighted by atomic mass is 10.3. The molecule has 0 aliphatic carbocycles. The minimum atomic E-state index is -0.773. The molecule has 3 amide bonds. The maximum atomic E-state index is 11.7. The third-order valence-electron chi connectivity index (χ3n) is 3.07. The van der Waals surface area contributed by atoms with Crippen molar-refractivity contribution >= 4 is 17.7 Å². The Kier molecular flexibility index (Phi) is 4.63. The summed E-state index contributed by atoms with van der Waals surface area (Å²) in [5.74, 6) is -1.14. The number of nitrogens with zero attached hydrogens (tertiary/aromatic N) is 4. The first-order chi connectivity index (χ1) is 9.95. The van der Waals surface area contributed by atoms with E-state index in [1.807, 2.05) is 0 Å². The van der Waals surface area contributed by atoms with Crippen LogP contribution in [-0.2, 0) is 20.9 Å². The molecule has 0 bridgehead atoms. The minimum absolute atomic E-state index is 0.0737. The van der Waals surface area contributed by atoms with Crippen molar-refractivity contribution in [3.8, 4) is 0 Å². The van der Waals surface area contributed by atoms with Crippen LogP contribution >= 0.6 is 0 Å². The van der Waals surface area contributed by atoms with E-state index in [4.69, 9.17) is 0 Å². The molecule has 1 aliphatic rings. The van der Waals surface area contributed by atoms with Crippen molar-refractivity contribution in [2.75, 3.05) is 13.1 Å². The number of aliphatic hydroxyl groups excluding tert-OH is 1. The molecular formula is C12H17N5O4. The third-order valence-corrected chi connectivity index (χ3v) is 3.07. The van der Waals surface area contributed by atoms with Gasteiger partial charge in [0.15, 0.2) is 0 Å². The van der Waals surface area contributed by atoms with E-state index < -0.39 is 17.9 Å². The predicted octanol–water partition coefficient (Wildman–Crippen LogP) is -1.40. The van der Waals surface area contributed by atoms with Crippen LogP contribution in [0.3, 0.4) is 0 Å². The standard InChI is InChI=1S/C12H17N5O4/c1-8(18)9-5-17(15-14-9)7-11(20)13-10(19)6-16-4-2-3-12(16)21/h5,8,18H,2-4,6-7H2,1H3,(H,13,19,20). The average molecular weight is 295 g/mol. The Morgan fingerprint density at radius 3 is 2.71 bits per heavy atom. The zero-order valence-corrected chi connectivity index (χ0v) is 11.7. The van der Waals surface area contributed by atoms with Crippen molar-refractivity contribution in [1.82, 2.24) is 25.2 Å². The molecule has 1 atom stereocenters. The number of carbonyl (C=O) groups is 3. The number of aliphatic hydroxyl groups is 1. The summed E-state index contributed by atoms with van der Waals surface area (Å²) in [6, 6.07) is 0. The summed E-state index contributed by atoms with van der Waals surface area (Å²) in [6.07, 6.45) is 1.84. The molecule has 2 N–H and O–H groups in total. The lowest BCUT2D eigenvalue weighted by Crippen LogP contribution is -2.41. The fourth-order valence-corrected chi connectivity index (χ4v) is 2.01. The number of nitrogens with one attached hydrogen (secondary N) is 1. The molecule has 9 nitrogen and oxygen atoms in total. The van der Waals surface area contributed by atoms with E-state index in [2.05, 4.69) is 15.6 Å². The smallest absolute Gasteiger partial charge is 0.248 e. The van der Waals surface area contributed by atoms with E-state index >= 15 is 0 Å². The number of hydrogen-bond donors (Lipinski definition) is 2. The van der Waals surface area contributed by atoms with E-state index in [1.165, 1.54) is 22.7 Å². The molecule has 114 valence electrons. The normalized spacial score (nSPS) is 16.1. The van der Waals surface area contributed by atoms with Crippen molar-refractivity contribution < 1.29 is 19.5 Å².